The van der Waals surface area contributed by atoms with Crippen molar-refractivity contribution in [2.45, 2.75) is 6.42 Å². The molecule has 3 atom stereocenters. The molecule has 1 aliphatic carbocycles. The van der Waals surface area contributed by atoms with Gasteiger partial charge in [0.1, 0.15) is 0 Å². The highest BCUT2D eigenvalue weighted by Gasteiger charge is 2.45. The topological polar surface area (TPSA) is 23.5 Å². The molecule has 1 saturated heterocycles. The number of rotatable bonds is 1. The van der Waals surface area contributed by atoms with E-state index in [1.165, 1.54) is 19.5 Å². The zero-order valence-electron chi connectivity index (χ0n) is 6.45. The van der Waals surface area contributed by atoms with Crippen molar-refractivity contribution in [3.63, 3.8) is 0 Å². The summed E-state index contributed by atoms with van der Waals surface area (Å²) in [6.45, 7) is 2.89. The third-order valence-corrected chi connectivity index (χ3v) is 3.12. The first-order valence-electron chi connectivity index (χ1n) is 4.10. The van der Waals surface area contributed by atoms with Crippen molar-refractivity contribution in [3.8, 4) is 0 Å². The minimum Gasteiger partial charge on any atom is -0.396 e. The van der Waals surface area contributed by atoms with Gasteiger partial charge in [-0.05, 0) is 31.2 Å². The van der Waals surface area contributed by atoms with Crippen molar-refractivity contribution in [2.75, 3.05) is 26.7 Å². The molecule has 58 valence electrons. The summed E-state index contributed by atoms with van der Waals surface area (Å²) in [7, 11) is 2.17. The summed E-state index contributed by atoms with van der Waals surface area (Å²) in [5.41, 5.74) is 0. The molecule has 1 aliphatic heterocycles. The van der Waals surface area contributed by atoms with Crippen molar-refractivity contribution in [1.29, 1.82) is 0 Å². The standard InChI is InChI=1S/C8H15NO/c1-9-3-6-2-7(5-10)8(6)4-9/h6-8,10H,2-5H2,1H3. The predicted octanol–water partition coefficient (Wildman–Crippen LogP) is 0.176. The van der Waals surface area contributed by atoms with Crippen molar-refractivity contribution >= 4 is 0 Å². The lowest BCUT2D eigenvalue weighted by Gasteiger charge is -2.38. The summed E-state index contributed by atoms with van der Waals surface area (Å²) in [5, 5.41) is 8.90. The smallest absolute Gasteiger partial charge is 0.0462 e. The van der Waals surface area contributed by atoms with E-state index in [9.17, 15) is 0 Å². The van der Waals surface area contributed by atoms with E-state index in [0.717, 1.165) is 11.8 Å². The molecule has 1 saturated carbocycles. The van der Waals surface area contributed by atoms with E-state index in [4.69, 9.17) is 5.11 Å². The van der Waals surface area contributed by atoms with Gasteiger partial charge in [0.15, 0.2) is 0 Å². The normalized spacial score (nSPS) is 46.8. The van der Waals surface area contributed by atoms with E-state index in [0.29, 0.717) is 12.5 Å². The molecule has 0 radical (unpaired) electrons. The fourth-order valence-corrected chi connectivity index (χ4v) is 2.48. The van der Waals surface area contributed by atoms with Crippen LogP contribution in [0.25, 0.3) is 0 Å². The molecule has 10 heavy (non-hydrogen) atoms. The third kappa shape index (κ3) is 0.789. The fourth-order valence-electron chi connectivity index (χ4n) is 2.48. The van der Waals surface area contributed by atoms with Gasteiger partial charge in [0.2, 0.25) is 0 Å². The Hall–Kier alpha value is -0.0800. The van der Waals surface area contributed by atoms with Gasteiger partial charge in [0.25, 0.3) is 0 Å². The molecule has 2 heteroatoms. The molecular weight excluding hydrogens is 126 g/mol. The molecule has 1 N–H and O–H groups in total. The number of hydrogen-bond donors (Lipinski definition) is 1. The molecule has 2 rings (SSSR count). The Kier molecular flexibility index (Phi) is 1.46. The average molecular weight is 141 g/mol. The molecule has 0 aromatic carbocycles. The first kappa shape index (κ1) is 6.62. The maximum Gasteiger partial charge on any atom is 0.0462 e. The van der Waals surface area contributed by atoms with Crippen LogP contribution < -0.4 is 0 Å². The Labute approximate surface area is 61.8 Å². The Bertz CT molecular complexity index is 133. The molecule has 0 aromatic rings. The van der Waals surface area contributed by atoms with Crippen LogP contribution in [0.2, 0.25) is 0 Å². The number of nitrogens with zero attached hydrogens (tertiary/aromatic N) is 1. The molecule has 0 spiro atoms. The number of aliphatic hydroxyl groups is 1. The summed E-state index contributed by atoms with van der Waals surface area (Å²) in [4.78, 5) is 2.38. The molecule has 2 aliphatic rings. The quantitative estimate of drug-likeness (QED) is 0.563. The monoisotopic (exact) mass is 141 g/mol. The van der Waals surface area contributed by atoms with Crippen molar-refractivity contribution in [2.24, 2.45) is 17.8 Å². The second-order valence-electron chi connectivity index (χ2n) is 3.82. The lowest BCUT2D eigenvalue weighted by molar-refractivity contribution is 0.0577. The highest BCUT2D eigenvalue weighted by molar-refractivity contribution is 4.96. The maximum atomic E-state index is 8.90. The highest BCUT2D eigenvalue weighted by atomic mass is 16.3. The zero-order valence-corrected chi connectivity index (χ0v) is 6.45. The van der Waals surface area contributed by atoms with Crippen molar-refractivity contribution in [3.05, 3.63) is 0 Å². The van der Waals surface area contributed by atoms with Crippen LogP contribution in [0.15, 0.2) is 0 Å². The Morgan fingerprint density at radius 1 is 1.50 bits per heavy atom. The minimum absolute atomic E-state index is 0.412. The Morgan fingerprint density at radius 2 is 2.30 bits per heavy atom. The van der Waals surface area contributed by atoms with Gasteiger partial charge in [0, 0.05) is 19.7 Å². The summed E-state index contributed by atoms with van der Waals surface area (Å²) in [5.74, 6) is 2.38. The lowest BCUT2D eigenvalue weighted by Crippen LogP contribution is -2.37. The van der Waals surface area contributed by atoms with Gasteiger partial charge in [-0.2, -0.15) is 0 Å². The van der Waals surface area contributed by atoms with E-state index in [-0.39, 0.29) is 0 Å². The van der Waals surface area contributed by atoms with Crippen LogP contribution in [-0.4, -0.2) is 36.8 Å². The maximum absolute atomic E-state index is 8.90. The number of aliphatic hydroxyl groups excluding tert-OH is 1. The SMILES string of the molecule is CN1CC2CC(CO)C2C1. The van der Waals surface area contributed by atoms with E-state index in [1.54, 1.807) is 0 Å². The number of fused-ring (bicyclic) bond motifs is 1. The van der Waals surface area contributed by atoms with E-state index >= 15 is 0 Å². The fraction of sp³-hybridized carbons (Fsp3) is 1.00. The molecular formula is C8H15NO. The van der Waals surface area contributed by atoms with Gasteiger partial charge >= 0.3 is 0 Å². The van der Waals surface area contributed by atoms with Crippen LogP contribution in [0.5, 0.6) is 0 Å². The average Bonchev–Trinajstić information content (AvgIpc) is 2.15. The van der Waals surface area contributed by atoms with E-state index in [2.05, 4.69) is 11.9 Å². The number of hydrogen-bond acceptors (Lipinski definition) is 2. The lowest BCUT2D eigenvalue weighted by atomic mass is 9.67. The van der Waals surface area contributed by atoms with Gasteiger partial charge < -0.3 is 10.0 Å². The summed E-state index contributed by atoms with van der Waals surface area (Å²) >= 11 is 0. The molecule has 1 heterocycles. The summed E-state index contributed by atoms with van der Waals surface area (Å²) in [6.07, 6.45) is 1.27. The largest absolute Gasteiger partial charge is 0.396 e. The summed E-state index contributed by atoms with van der Waals surface area (Å²) < 4.78 is 0. The van der Waals surface area contributed by atoms with Gasteiger partial charge in [-0.1, -0.05) is 0 Å². The molecule has 3 unspecified atom stereocenters. The highest BCUT2D eigenvalue weighted by Crippen LogP contribution is 2.44. The molecule has 2 nitrogen and oxygen atoms in total. The second-order valence-corrected chi connectivity index (χ2v) is 3.82. The predicted molar refractivity (Wildman–Crippen MR) is 39.7 cm³/mol. The Balaban J connectivity index is 1.93. The van der Waals surface area contributed by atoms with E-state index in [1.807, 2.05) is 0 Å². The van der Waals surface area contributed by atoms with E-state index < -0.39 is 0 Å². The van der Waals surface area contributed by atoms with Gasteiger partial charge in [0.05, 0.1) is 0 Å². The van der Waals surface area contributed by atoms with Crippen LogP contribution in [0.1, 0.15) is 6.42 Å². The molecule has 0 amide bonds. The van der Waals surface area contributed by atoms with Gasteiger partial charge in [-0.25, -0.2) is 0 Å². The first-order valence-corrected chi connectivity index (χ1v) is 4.10. The van der Waals surface area contributed by atoms with Crippen LogP contribution in [0.3, 0.4) is 0 Å². The first-order chi connectivity index (χ1) is 4.81. The number of likely N-dealkylation sites (tertiary alicyclic amines) is 1. The van der Waals surface area contributed by atoms with Crippen LogP contribution in [0, 0.1) is 17.8 Å². The Morgan fingerprint density at radius 3 is 2.90 bits per heavy atom. The van der Waals surface area contributed by atoms with Crippen LogP contribution in [0.4, 0.5) is 0 Å². The van der Waals surface area contributed by atoms with Gasteiger partial charge in [-0.15, -0.1) is 0 Å². The van der Waals surface area contributed by atoms with Gasteiger partial charge in [-0.3, -0.25) is 0 Å². The molecule has 0 bridgehead atoms. The van der Waals surface area contributed by atoms with Crippen LogP contribution >= 0.6 is 0 Å². The van der Waals surface area contributed by atoms with Crippen LogP contribution in [-0.2, 0) is 0 Å². The third-order valence-electron chi connectivity index (χ3n) is 3.12. The molecule has 2 fully saturated rings. The second kappa shape index (κ2) is 2.21. The summed E-state index contributed by atoms with van der Waals surface area (Å²) in [6, 6.07) is 0. The van der Waals surface area contributed by atoms with Crippen molar-refractivity contribution < 1.29 is 5.11 Å². The molecule has 0 aromatic heterocycles. The zero-order chi connectivity index (χ0) is 7.14. The minimum atomic E-state index is 0.412. The van der Waals surface area contributed by atoms with Crippen molar-refractivity contribution in [1.82, 2.24) is 4.90 Å².